The number of carbonyl (C=O) groups excluding carboxylic acids is 1. The SMILES string of the molecule is O=C(Nc1nnc(-c2ccc(Cl)cc2)o1)C1CCCCN1S(=O)(=O)c1ccc(Cl)s1. The van der Waals surface area contributed by atoms with Gasteiger partial charge in [-0.05, 0) is 49.2 Å². The van der Waals surface area contributed by atoms with Crippen molar-refractivity contribution in [2.24, 2.45) is 0 Å². The highest BCUT2D eigenvalue weighted by molar-refractivity contribution is 7.91. The van der Waals surface area contributed by atoms with Crippen LogP contribution in [0.5, 0.6) is 0 Å². The van der Waals surface area contributed by atoms with Crippen molar-refractivity contribution in [1.29, 1.82) is 0 Å². The highest BCUT2D eigenvalue weighted by Gasteiger charge is 2.38. The average Bonchev–Trinajstić information content (AvgIpc) is 3.38. The Morgan fingerprint density at radius 3 is 2.60 bits per heavy atom. The van der Waals surface area contributed by atoms with E-state index in [4.69, 9.17) is 27.6 Å². The average molecular weight is 487 g/mol. The van der Waals surface area contributed by atoms with Crippen molar-refractivity contribution in [2.75, 3.05) is 11.9 Å². The molecule has 1 atom stereocenters. The van der Waals surface area contributed by atoms with Gasteiger partial charge in [0.05, 0.1) is 4.34 Å². The minimum absolute atomic E-state index is 0.105. The fraction of sp³-hybridized carbons (Fsp3) is 0.278. The van der Waals surface area contributed by atoms with Crippen LogP contribution in [0.1, 0.15) is 19.3 Å². The molecule has 1 saturated heterocycles. The van der Waals surface area contributed by atoms with E-state index in [0.29, 0.717) is 27.8 Å². The summed E-state index contributed by atoms with van der Waals surface area (Å²) in [6.07, 6.45) is 1.79. The molecule has 3 heterocycles. The summed E-state index contributed by atoms with van der Waals surface area (Å²) < 4.78 is 33.2. The van der Waals surface area contributed by atoms with Crippen LogP contribution in [0.2, 0.25) is 9.36 Å². The third kappa shape index (κ3) is 4.37. The number of carbonyl (C=O) groups is 1. The van der Waals surface area contributed by atoms with E-state index < -0.39 is 22.0 Å². The van der Waals surface area contributed by atoms with E-state index in [1.807, 2.05) is 0 Å². The van der Waals surface area contributed by atoms with Crippen molar-refractivity contribution >= 4 is 56.5 Å². The van der Waals surface area contributed by atoms with Crippen LogP contribution in [0.15, 0.2) is 45.0 Å². The second-order valence-electron chi connectivity index (χ2n) is 6.59. The summed E-state index contributed by atoms with van der Waals surface area (Å²) in [6.45, 7) is 0.246. The maximum absolute atomic E-state index is 13.0. The van der Waals surface area contributed by atoms with Gasteiger partial charge in [-0.3, -0.25) is 10.1 Å². The van der Waals surface area contributed by atoms with Gasteiger partial charge < -0.3 is 4.42 Å². The van der Waals surface area contributed by atoms with Crippen LogP contribution in [0.4, 0.5) is 6.01 Å². The van der Waals surface area contributed by atoms with E-state index in [9.17, 15) is 13.2 Å². The molecule has 4 rings (SSSR count). The molecule has 2 aromatic heterocycles. The molecule has 30 heavy (non-hydrogen) atoms. The van der Waals surface area contributed by atoms with Gasteiger partial charge in [0.25, 0.3) is 10.0 Å². The highest BCUT2D eigenvalue weighted by Crippen LogP contribution is 2.32. The van der Waals surface area contributed by atoms with E-state index in [1.54, 1.807) is 24.3 Å². The fourth-order valence-electron chi connectivity index (χ4n) is 3.18. The summed E-state index contributed by atoms with van der Waals surface area (Å²) in [4.78, 5) is 12.9. The molecule has 1 aliphatic rings. The lowest BCUT2D eigenvalue weighted by molar-refractivity contribution is -0.120. The number of piperidine rings is 1. The molecule has 8 nitrogen and oxygen atoms in total. The Bertz CT molecular complexity index is 1160. The van der Waals surface area contributed by atoms with Crippen LogP contribution in [0, 0.1) is 0 Å². The highest BCUT2D eigenvalue weighted by atomic mass is 35.5. The number of thiophene rings is 1. The number of benzene rings is 1. The zero-order chi connectivity index (χ0) is 21.3. The second-order valence-corrected chi connectivity index (χ2v) is 10.9. The van der Waals surface area contributed by atoms with Crippen LogP contribution in [0.3, 0.4) is 0 Å². The van der Waals surface area contributed by atoms with Crippen molar-refractivity contribution < 1.29 is 17.6 Å². The molecule has 1 amide bonds. The molecule has 1 fully saturated rings. The Labute approximate surface area is 186 Å². The molecule has 1 aliphatic heterocycles. The number of halogens is 2. The number of aromatic nitrogens is 2. The second kappa shape index (κ2) is 8.64. The standard InChI is InChI=1S/C18H16Cl2N4O4S2/c19-12-6-4-11(5-7-12)17-22-23-18(28-17)21-16(25)13-3-1-2-10-24(13)30(26,27)15-9-8-14(20)29-15/h4-9,13H,1-3,10H2,(H,21,23,25). The Morgan fingerprint density at radius 1 is 1.13 bits per heavy atom. The minimum atomic E-state index is -3.84. The summed E-state index contributed by atoms with van der Waals surface area (Å²) in [6, 6.07) is 8.77. The van der Waals surface area contributed by atoms with E-state index in [0.717, 1.165) is 17.8 Å². The Kier molecular flexibility index (Phi) is 6.12. The topological polar surface area (TPSA) is 105 Å². The van der Waals surface area contributed by atoms with Gasteiger partial charge in [-0.2, -0.15) is 4.31 Å². The summed E-state index contributed by atoms with van der Waals surface area (Å²) >= 11 is 12.7. The van der Waals surface area contributed by atoms with E-state index >= 15 is 0 Å². The predicted octanol–water partition coefficient (Wildman–Crippen LogP) is 4.29. The van der Waals surface area contributed by atoms with Crippen molar-refractivity contribution in [2.45, 2.75) is 29.5 Å². The lowest BCUT2D eigenvalue weighted by Crippen LogP contribution is -2.49. The molecule has 3 aromatic rings. The first kappa shape index (κ1) is 21.3. The van der Waals surface area contributed by atoms with Crippen molar-refractivity contribution in [3.05, 3.63) is 45.8 Å². The number of amides is 1. The van der Waals surface area contributed by atoms with Gasteiger partial charge in [-0.25, -0.2) is 8.42 Å². The summed E-state index contributed by atoms with van der Waals surface area (Å²) in [5, 5.41) is 10.9. The normalized spacial score (nSPS) is 17.7. The molecule has 1 aromatic carbocycles. The van der Waals surface area contributed by atoms with E-state index in [-0.39, 0.29) is 22.7 Å². The smallest absolute Gasteiger partial charge is 0.322 e. The largest absolute Gasteiger partial charge is 0.403 e. The zero-order valence-electron chi connectivity index (χ0n) is 15.4. The molecule has 158 valence electrons. The number of hydrogen-bond donors (Lipinski definition) is 1. The predicted molar refractivity (Wildman–Crippen MR) is 114 cm³/mol. The van der Waals surface area contributed by atoms with Crippen LogP contribution >= 0.6 is 34.5 Å². The lowest BCUT2D eigenvalue weighted by Gasteiger charge is -2.32. The number of sulfonamides is 1. The van der Waals surface area contributed by atoms with E-state index in [1.165, 1.54) is 16.4 Å². The number of rotatable bonds is 5. The maximum atomic E-state index is 13.0. The van der Waals surface area contributed by atoms with Crippen molar-refractivity contribution in [1.82, 2.24) is 14.5 Å². The number of hydrogen-bond acceptors (Lipinski definition) is 7. The monoisotopic (exact) mass is 486 g/mol. The first-order valence-corrected chi connectivity index (χ1v) is 12.0. The maximum Gasteiger partial charge on any atom is 0.322 e. The Morgan fingerprint density at radius 2 is 1.90 bits per heavy atom. The third-order valence-corrected chi connectivity index (χ3v) is 8.47. The van der Waals surface area contributed by atoms with E-state index in [2.05, 4.69) is 15.5 Å². The molecule has 1 N–H and O–H groups in total. The lowest BCUT2D eigenvalue weighted by atomic mass is 10.0. The van der Waals surface area contributed by atoms with Crippen LogP contribution in [-0.4, -0.2) is 41.4 Å². The molecule has 1 unspecified atom stereocenters. The summed E-state index contributed by atoms with van der Waals surface area (Å²) in [5.41, 5.74) is 0.642. The molecular weight excluding hydrogens is 471 g/mol. The van der Waals surface area contributed by atoms with Gasteiger partial charge in [-0.1, -0.05) is 34.7 Å². The van der Waals surface area contributed by atoms with Gasteiger partial charge in [-0.15, -0.1) is 16.4 Å². The molecular formula is C18H16Cl2N4O4S2. The first-order chi connectivity index (χ1) is 14.3. The molecule has 0 aliphatic carbocycles. The molecule has 0 saturated carbocycles. The summed E-state index contributed by atoms with van der Waals surface area (Å²) in [5.74, 6) is -0.310. The molecule has 0 spiro atoms. The zero-order valence-corrected chi connectivity index (χ0v) is 18.6. The quantitative estimate of drug-likeness (QED) is 0.576. The first-order valence-electron chi connectivity index (χ1n) is 9.02. The van der Waals surface area contributed by atoms with Crippen molar-refractivity contribution in [3.63, 3.8) is 0 Å². The van der Waals surface area contributed by atoms with Crippen LogP contribution < -0.4 is 5.32 Å². The third-order valence-electron chi connectivity index (χ3n) is 4.61. The fourth-order valence-corrected chi connectivity index (χ4v) is 6.57. The summed E-state index contributed by atoms with van der Waals surface area (Å²) in [7, 11) is -3.84. The minimum Gasteiger partial charge on any atom is -0.403 e. The number of nitrogens with zero attached hydrogens (tertiary/aromatic N) is 3. The molecule has 0 bridgehead atoms. The number of nitrogens with one attached hydrogen (secondary N) is 1. The van der Waals surface area contributed by atoms with Crippen LogP contribution in [-0.2, 0) is 14.8 Å². The Balaban J connectivity index is 1.52. The van der Waals surface area contributed by atoms with Crippen molar-refractivity contribution in [3.8, 4) is 11.5 Å². The number of anilines is 1. The molecule has 12 heteroatoms. The van der Waals surface area contributed by atoms with Crippen LogP contribution in [0.25, 0.3) is 11.5 Å². The van der Waals surface area contributed by atoms with Gasteiger partial charge in [0.2, 0.25) is 11.8 Å². The van der Waals surface area contributed by atoms with Gasteiger partial charge in [0.15, 0.2) is 0 Å². The molecule has 0 radical (unpaired) electrons. The van der Waals surface area contributed by atoms with Gasteiger partial charge in [0.1, 0.15) is 10.3 Å². The van der Waals surface area contributed by atoms with Gasteiger partial charge in [0, 0.05) is 17.1 Å². The van der Waals surface area contributed by atoms with Gasteiger partial charge >= 0.3 is 6.01 Å². The Hall–Kier alpha value is -1.98.